The molecule has 100 valence electrons. The van der Waals surface area contributed by atoms with Crippen molar-refractivity contribution in [1.82, 2.24) is 16.0 Å². The van der Waals surface area contributed by atoms with Crippen LogP contribution < -0.4 is 16.0 Å². The number of carboxylic acids is 2. The SMILES string of the molecule is CNC1(NC)C(C(=O)O)=C(C)NC(C)=C1C(=O)O. The van der Waals surface area contributed by atoms with Crippen molar-refractivity contribution < 1.29 is 19.8 Å². The van der Waals surface area contributed by atoms with Gasteiger partial charge in [0.25, 0.3) is 0 Å². The van der Waals surface area contributed by atoms with E-state index >= 15 is 0 Å². The molecule has 1 rings (SSSR count). The summed E-state index contributed by atoms with van der Waals surface area (Å²) in [5.74, 6) is -2.37. The van der Waals surface area contributed by atoms with Gasteiger partial charge in [-0.25, -0.2) is 9.59 Å². The number of rotatable bonds is 4. The van der Waals surface area contributed by atoms with E-state index in [1.165, 1.54) is 14.1 Å². The van der Waals surface area contributed by atoms with Crippen LogP contribution in [0, 0.1) is 0 Å². The zero-order valence-electron chi connectivity index (χ0n) is 10.7. The van der Waals surface area contributed by atoms with Gasteiger partial charge in [0.2, 0.25) is 0 Å². The number of hydrogen-bond donors (Lipinski definition) is 5. The molecule has 0 saturated heterocycles. The monoisotopic (exact) mass is 255 g/mol. The molecule has 0 unspecified atom stereocenters. The molecule has 0 saturated carbocycles. The number of carbonyl (C=O) groups is 2. The number of aliphatic carboxylic acids is 2. The fourth-order valence-corrected chi connectivity index (χ4v) is 2.36. The number of hydrogen-bond acceptors (Lipinski definition) is 5. The minimum absolute atomic E-state index is 0.0597. The smallest absolute Gasteiger partial charge is 0.336 e. The van der Waals surface area contributed by atoms with Crippen LogP contribution in [0.4, 0.5) is 0 Å². The van der Waals surface area contributed by atoms with E-state index in [9.17, 15) is 19.8 Å². The fourth-order valence-electron chi connectivity index (χ4n) is 2.36. The standard InChI is InChI=1S/C11H17N3O4/c1-5-7(9(15)16)11(12-3,13-4)8(10(17)18)6(2)14-5/h12-14H,1-4H3,(H,15,16)(H,17,18). The molecule has 0 radical (unpaired) electrons. The van der Waals surface area contributed by atoms with E-state index in [2.05, 4.69) is 16.0 Å². The van der Waals surface area contributed by atoms with Gasteiger partial charge in [-0.15, -0.1) is 0 Å². The molecule has 5 N–H and O–H groups in total. The maximum Gasteiger partial charge on any atom is 0.336 e. The van der Waals surface area contributed by atoms with Gasteiger partial charge in [0.05, 0.1) is 11.1 Å². The summed E-state index contributed by atoms with van der Waals surface area (Å²) >= 11 is 0. The van der Waals surface area contributed by atoms with E-state index in [1.54, 1.807) is 13.8 Å². The van der Waals surface area contributed by atoms with E-state index in [1.807, 2.05) is 0 Å². The van der Waals surface area contributed by atoms with Crippen LogP contribution in [0.5, 0.6) is 0 Å². The highest BCUT2D eigenvalue weighted by Gasteiger charge is 2.47. The van der Waals surface area contributed by atoms with Crippen molar-refractivity contribution in [3.05, 3.63) is 22.5 Å². The largest absolute Gasteiger partial charge is 0.478 e. The molecule has 0 aromatic rings. The Bertz CT molecular complexity index is 423. The maximum atomic E-state index is 11.4. The molecule has 7 heteroatoms. The van der Waals surface area contributed by atoms with E-state index in [0.717, 1.165) is 0 Å². The lowest BCUT2D eigenvalue weighted by Gasteiger charge is -2.39. The van der Waals surface area contributed by atoms with Crippen LogP contribution in [-0.2, 0) is 9.59 Å². The number of dihydropyridines is 1. The minimum atomic E-state index is -1.42. The second kappa shape index (κ2) is 4.79. The Kier molecular flexibility index (Phi) is 3.78. The summed E-state index contributed by atoms with van der Waals surface area (Å²) in [6.07, 6.45) is 0. The Hall–Kier alpha value is -1.86. The van der Waals surface area contributed by atoms with Gasteiger partial charge in [-0.05, 0) is 27.9 Å². The highest BCUT2D eigenvalue weighted by atomic mass is 16.4. The van der Waals surface area contributed by atoms with Crippen molar-refractivity contribution in [2.45, 2.75) is 19.5 Å². The van der Waals surface area contributed by atoms with E-state index in [4.69, 9.17) is 0 Å². The van der Waals surface area contributed by atoms with Gasteiger partial charge in [-0.1, -0.05) is 0 Å². The lowest BCUT2D eigenvalue weighted by Crippen LogP contribution is -2.62. The van der Waals surface area contributed by atoms with Crippen LogP contribution in [0.15, 0.2) is 22.5 Å². The molecule has 18 heavy (non-hydrogen) atoms. The molecule has 0 aliphatic carbocycles. The van der Waals surface area contributed by atoms with Gasteiger partial charge in [0.15, 0.2) is 0 Å². The normalized spacial score (nSPS) is 18.7. The van der Waals surface area contributed by atoms with Crippen LogP contribution in [0.3, 0.4) is 0 Å². The van der Waals surface area contributed by atoms with Crippen molar-refractivity contribution in [1.29, 1.82) is 0 Å². The van der Waals surface area contributed by atoms with E-state index < -0.39 is 17.6 Å². The summed E-state index contributed by atoms with van der Waals surface area (Å²) in [5.41, 5.74) is -0.745. The summed E-state index contributed by atoms with van der Waals surface area (Å²) in [7, 11) is 3.02. The molecule has 0 amide bonds. The van der Waals surface area contributed by atoms with E-state index in [0.29, 0.717) is 11.4 Å². The molecule has 0 bridgehead atoms. The Labute approximate surface area is 105 Å². The summed E-state index contributed by atoms with van der Waals surface area (Å²) in [6, 6.07) is 0. The first-order chi connectivity index (χ1) is 8.31. The maximum absolute atomic E-state index is 11.4. The van der Waals surface area contributed by atoms with Crippen LogP contribution in [0.25, 0.3) is 0 Å². The van der Waals surface area contributed by atoms with Crippen molar-refractivity contribution in [3.8, 4) is 0 Å². The third-order valence-corrected chi connectivity index (χ3v) is 3.05. The van der Waals surface area contributed by atoms with Crippen LogP contribution in [0.1, 0.15) is 13.8 Å². The Morgan fingerprint density at radius 2 is 1.33 bits per heavy atom. The predicted octanol–water partition coefficient (Wildman–Crippen LogP) is -0.558. The van der Waals surface area contributed by atoms with Gasteiger partial charge in [0, 0.05) is 11.4 Å². The average Bonchev–Trinajstić information content (AvgIpc) is 2.25. The number of likely N-dealkylation sites (N-methyl/N-ethyl adjacent to an activating group) is 2. The summed E-state index contributed by atoms with van der Waals surface area (Å²) in [4.78, 5) is 22.8. The van der Waals surface area contributed by atoms with E-state index in [-0.39, 0.29) is 11.1 Å². The molecule has 0 atom stereocenters. The second-order valence-corrected chi connectivity index (χ2v) is 3.99. The van der Waals surface area contributed by atoms with Crippen molar-refractivity contribution in [3.63, 3.8) is 0 Å². The predicted molar refractivity (Wildman–Crippen MR) is 64.7 cm³/mol. The minimum Gasteiger partial charge on any atom is -0.478 e. The van der Waals surface area contributed by atoms with Gasteiger partial charge >= 0.3 is 11.9 Å². The molecule has 0 aromatic heterocycles. The van der Waals surface area contributed by atoms with Crippen LogP contribution in [-0.4, -0.2) is 41.9 Å². The molecule has 0 fully saturated rings. The zero-order chi connectivity index (χ0) is 14.1. The first kappa shape index (κ1) is 14.2. The number of allylic oxidation sites excluding steroid dienone is 2. The topological polar surface area (TPSA) is 111 Å². The summed E-state index contributed by atoms with van der Waals surface area (Å²) in [6.45, 7) is 3.18. The highest BCUT2D eigenvalue weighted by molar-refractivity contribution is 5.99. The molecule has 0 spiro atoms. The van der Waals surface area contributed by atoms with Crippen LogP contribution in [0.2, 0.25) is 0 Å². The first-order valence-electron chi connectivity index (χ1n) is 5.36. The Balaban J connectivity index is 3.60. The van der Waals surface area contributed by atoms with Gasteiger partial charge < -0.3 is 15.5 Å². The molecular weight excluding hydrogens is 238 g/mol. The lowest BCUT2D eigenvalue weighted by molar-refractivity contribution is -0.134. The van der Waals surface area contributed by atoms with Crippen molar-refractivity contribution in [2.75, 3.05) is 14.1 Å². The number of carboxylic acid groups (broad SMARTS) is 2. The molecule has 1 heterocycles. The van der Waals surface area contributed by atoms with Crippen molar-refractivity contribution >= 4 is 11.9 Å². The lowest BCUT2D eigenvalue weighted by atomic mass is 9.85. The third-order valence-electron chi connectivity index (χ3n) is 3.05. The van der Waals surface area contributed by atoms with Gasteiger partial charge in [-0.3, -0.25) is 10.6 Å². The average molecular weight is 255 g/mol. The Morgan fingerprint density at radius 3 is 1.56 bits per heavy atom. The molecule has 1 aliphatic rings. The van der Waals surface area contributed by atoms with Crippen molar-refractivity contribution in [2.24, 2.45) is 0 Å². The van der Waals surface area contributed by atoms with Gasteiger partial charge in [0.1, 0.15) is 5.66 Å². The van der Waals surface area contributed by atoms with Gasteiger partial charge in [-0.2, -0.15) is 0 Å². The molecule has 0 aromatic carbocycles. The first-order valence-corrected chi connectivity index (χ1v) is 5.36. The Morgan fingerprint density at radius 1 is 1.00 bits per heavy atom. The third kappa shape index (κ3) is 1.87. The highest BCUT2D eigenvalue weighted by Crippen LogP contribution is 2.31. The zero-order valence-corrected chi connectivity index (χ0v) is 10.7. The molecular formula is C11H17N3O4. The molecule has 1 aliphatic heterocycles. The second-order valence-electron chi connectivity index (χ2n) is 3.99. The van der Waals surface area contributed by atoms with Crippen LogP contribution >= 0.6 is 0 Å². The fraction of sp³-hybridized carbons (Fsp3) is 0.455. The number of nitrogens with one attached hydrogen (secondary N) is 3. The molecule has 7 nitrogen and oxygen atoms in total. The summed E-state index contributed by atoms with van der Waals surface area (Å²) < 4.78 is 0. The quantitative estimate of drug-likeness (QED) is 0.428. The summed E-state index contributed by atoms with van der Waals surface area (Å²) in [5, 5.41) is 26.9.